The van der Waals surface area contributed by atoms with E-state index in [9.17, 15) is 4.79 Å². The van der Waals surface area contributed by atoms with E-state index in [2.05, 4.69) is 0 Å². The van der Waals surface area contributed by atoms with Crippen molar-refractivity contribution < 1.29 is 24.1 Å². The zero-order chi connectivity index (χ0) is 11.5. The van der Waals surface area contributed by atoms with Crippen molar-refractivity contribution in [1.29, 1.82) is 0 Å². The van der Waals surface area contributed by atoms with E-state index in [-0.39, 0.29) is 12.4 Å². The minimum absolute atomic E-state index is 0.117. The average Bonchev–Trinajstić information content (AvgIpc) is 2.71. The summed E-state index contributed by atoms with van der Waals surface area (Å²) in [5.41, 5.74) is 0.663. The number of fused-ring (bicyclic) bond motifs is 1. The van der Waals surface area contributed by atoms with Crippen LogP contribution >= 0.6 is 0 Å². The van der Waals surface area contributed by atoms with Gasteiger partial charge in [-0.15, -0.1) is 0 Å². The lowest BCUT2D eigenvalue weighted by Crippen LogP contribution is -1.99. The second kappa shape index (κ2) is 4.14. The molecule has 0 spiro atoms. The molecule has 0 aliphatic carbocycles. The lowest BCUT2D eigenvalue weighted by molar-refractivity contribution is 0.0696. The van der Waals surface area contributed by atoms with Crippen LogP contribution in [0.3, 0.4) is 0 Å². The Morgan fingerprint density at radius 3 is 2.75 bits per heavy atom. The highest BCUT2D eigenvalue weighted by atomic mass is 16.7. The van der Waals surface area contributed by atoms with Crippen molar-refractivity contribution in [3.05, 3.63) is 29.5 Å². The van der Waals surface area contributed by atoms with Crippen molar-refractivity contribution in [3.8, 4) is 11.5 Å². The number of aromatic carboxylic acids is 1. The summed E-state index contributed by atoms with van der Waals surface area (Å²) in [4.78, 5) is 11.0. The number of carboxylic acid groups (broad SMARTS) is 1. The lowest BCUT2D eigenvalue weighted by Gasteiger charge is -2.03. The standard InChI is InChI=1S/C11H10O5/c1-14-3-2-7-4-9-10(16-6-15-9)5-8(7)11(12)13/h2-5H,6H2,1H3,(H,12,13). The third-order valence-corrected chi connectivity index (χ3v) is 2.16. The first-order chi connectivity index (χ1) is 7.72. The molecule has 5 heteroatoms. The van der Waals surface area contributed by atoms with Gasteiger partial charge >= 0.3 is 5.97 Å². The minimum atomic E-state index is -1.02. The van der Waals surface area contributed by atoms with Gasteiger partial charge in [-0.2, -0.15) is 0 Å². The van der Waals surface area contributed by atoms with E-state index >= 15 is 0 Å². The third-order valence-electron chi connectivity index (χ3n) is 2.16. The number of ether oxygens (including phenoxy) is 3. The smallest absolute Gasteiger partial charge is 0.336 e. The Kier molecular flexibility index (Phi) is 2.68. The second-order valence-corrected chi connectivity index (χ2v) is 3.14. The van der Waals surface area contributed by atoms with Crippen LogP contribution in [0.15, 0.2) is 18.4 Å². The van der Waals surface area contributed by atoms with Crippen LogP contribution in [0.4, 0.5) is 0 Å². The van der Waals surface area contributed by atoms with Gasteiger partial charge in [0, 0.05) is 0 Å². The van der Waals surface area contributed by atoms with Gasteiger partial charge < -0.3 is 19.3 Å². The van der Waals surface area contributed by atoms with Crippen molar-refractivity contribution in [3.63, 3.8) is 0 Å². The molecule has 1 N–H and O–H groups in total. The summed E-state index contributed by atoms with van der Waals surface area (Å²) < 4.78 is 15.0. The van der Waals surface area contributed by atoms with Crippen LogP contribution in [0.1, 0.15) is 15.9 Å². The molecule has 0 saturated heterocycles. The normalized spacial score (nSPS) is 13.1. The summed E-state index contributed by atoms with van der Waals surface area (Å²) >= 11 is 0. The molecule has 16 heavy (non-hydrogen) atoms. The molecule has 0 amide bonds. The Morgan fingerprint density at radius 2 is 2.12 bits per heavy atom. The molecule has 1 aromatic rings. The van der Waals surface area contributed by atoms with E-state index in [4.69, 9.17) is 19.3 Å². The second-order valence-electron chi connectivity index (χ2n) is 3.14. The van der Waals surface area contributed by atoms with Crippen LogP contribution in [0.5, 0.6) is 11.5 Å². The molecule has 1 heterocycles. The van der Waals surface area contributed by atoms with Crippen molar-refractivity contribution in [2.75, 3.05) is 13.9 Å². The van der Waals surface area contributed by atoms with E-state index in [0.717, 1.165) is 0 Å². The highest BCUT2D eigenvalue weighted by molar-refractivity contribution is 5.93. The predicted molar refractivity (Wildman–Crippen MR) is 55.6 cm³/mol. The van der Waals surface area contributed by atoms with Gasteiger partial charge in [0.05, 0.1) is 18.9 Å². The van der Waals surface area contributed by atoms with Crippen LogP contribution in [-0.2, 0) is 4.74 Å². The van der Waals surface area contributed by atoms with Crippen molar-refractivity contribution >= 4 is 12.0 Å². The first kappa shape index (κ1) is 10.4. The number of hydrogen-bond acceptors (Lipinski definition) is 4. The number of benzene rings is 1. The Hall–Kier alpha value is -2.17. The first-order valence-corrected chi connectivity index (χ1v) is 4.58. The third kappa shape index (κ3) is 1.79. The van der Waals surface area contributed by atoms with Gasteiger partial charge in [-0.25, -0.2) is 4.79 Å². The van der Waals surface area contributed by atoms with Crippen LogP contribution in [0.2, 0.25) is 0 Å². The molecule has 0 fully saturated rings. The maximum absolute atomic E-state index is 11.0. The maximum atomic E-state index is 11.0. The predicted octanol–water partition coefficient (Wildman–Crippen LogP) is 1.73. The van der Waals surface area contributed by atoms with Crippen LogP contribution in [0, 0.1) is 0 Å². The largest absolute Gasteiger partial charge is 0.504 e. The fourth-order valence-electron chi connectivity index (χ4n) is 1.42. The zero-order valence-electron chi connectivity index (χ0n) is 8.60. The molecule has 0 unspecified atom stereocenters. The van der Waals surface area contributed by atoms with Gasteiger partial charge in [0.25, 0.3) is 0 Å². The van der Waals surface area contributed by atoms with E-state index in [1.807, 2.05) is 0 Å². The van der Waals surface area contributed by atoms with Crippen LogP contribution < -0.4 is 9.47 Å². The molecule has 5 nitrogen and oxygen atoms in total. The maximum Gasteiger partial charge on any atom is 0.336 e. The highest BCUT2D eigenvalue weighted by Crippen LogP contribution is 2.35. The van der Waals surface area contributed by atoms with Gasteiger partial charge in [-0.05, 0) is 23.8 Å². The van der Waals surface area contributed by atoms with E-state index in [1.165, 1.54) is 19.4 Å². The number of methoxy groups -OCH3 is 1. The molecule has 0 aromatic heterocycles. The fraction of sp³-hybridized carbons (Fsp3) is 0.182. The number of hydrogen-bond donors (Lipinski definition) is 1. The Bertz CT molecular complexity index is 450. The molecule has 1 aliphatic heterocycles. The molecule has 0 bridgehead atoms. The van der Waals surface area contributed by atoms with Crippen molar-refractivity contribution in [2.45, 2.75) is 0 Å². The van der Waals surface area contributed by atoms with Gasteiger partial charge in [0.2, 0.25) is 6.79 Å². The van der Waals surface area contributed by atoms with Crippen molar-refractivity contribution in [2.24, 2.45) is 0 Å². The molecule has 0 saturated carbocycles. The Morgan fingerprint density at radius 1 is 1.44 bits per heavy atom. The molecule has 2 rings (SSSR count). The summed E-state index contributed by atoms with van der Waals surface area (Å²) in [6, 6.07) is 3.06. The molecule has 0 radical (unpaired) electrons. The molecule has 1 aromatic carbocycles. The molecular formula is C11H10O5. The molecule has 1 aliphatic rings. The van der Waals surface area contributed by atoms with Crippen molar-refractivity contribution in [1.82, 2.24) is 0 Å². The SMILES string of the molecule is COC=Cc1cc2c(cc1C(=O)O)OCO2. The quantitative estimate of drug-likeness (QED) is 0.789. The topological polar surface area (TPSA) is 65.0 Å². The van der Waals surface area contributed by atoms with Gasteiger partial charge in [-0.1, -0.05) is 0 Å². The summed E-state index contributed by atoms with van der Waals surface area (Å²) in [5, 5.41) is 9.03. The van der Waals surface area contributed by atoms with E-state index < -0.39 is 5.97 Å². The molecule has 0 atom stereocenters. The number of carboxylic acids is 1. The Labute approximate surface area is 91.9 Å². The van der Waals surface area contributed by atoms with E-state index in [1.54, 1.807) is 12.1 Å². The Balaban J connectivity index is 2.48. The van der Waals surface area contributed by atoms with Crippen LogP contribution in [0.25, 0.3) is 6.08 Å². The summed E-state index contributed by atoms with van der Waals surface area (Å²) in [7, 11) is 1.49. The average molecular weight is 222 g/mol. The molecular weight excluding hydrogens is 212 g/mol. The van der Waals surface area contributed by atoms with Gasteiger partial charge in [0.15, 0.2) is 11.5 Å². The molecule has 84 valence electrons. The fourth-order valence-corrected chi connectivity index (χ4v) is 1.42. The zero-order valence-corrected chi connectivity index (χ0v) is 8.60. The number of rotatable bonds is 3. The monoisotopic (exact) mass is 222 g/mol. The highest BCUT2D eigenvalue weighted by Gasteiger charge is 2.19. The number of carbonyl (C=O) groups is 1. The van der Waals surface area contributed by atoms with Gasteiger partial charge in [-0.3, -0.25) is 0 Å². The van der Waals surface area contributed by atoms with E-state index in [0.29, 0.717) is 17.1 Å². The summed E-state index contributed by atoms with van der Waals surface area (Å²) in [6.45, 7) is 0.117. The minimum Gasteiger partial charge on any atom is -0.504 e. The van der Waals surface area contributed by atoms with Gasteiger partial charge in [0.1, 0.15) is 0 Å². The summed E-state index contributed by atoms with van der Waals surface area (Å²) in [6.07, 6.45) is 2.97. The first-order valence-electron chi connectivity index (χ1n) is 4.58. The lowest BCUT2D eigenvalue weighted by atomic mass is 10.1. The van der Waals surface area contributed by atoms with Crippen LogP contribution in [-0.4, -0.2) is 25.0 Å². The summed E-state index contributed by atoms with van der Waals surface area (Å²) in [5.74, 6) is -0.0261.